The monoisotopic (exact) mass is 544 g/mol. The highest BCUT2D eigenvalue weighted by Crippen LogP contribution is 2.19. The molecule has 2 aromatic rings. The highest BCUT2D eigenvalue weighted by atomic mass is 127. The summed E-state index contributed by atoms with van der Waals surface area (Å²) in [6, 6.07) is 11.5. The van der Waals surface area contributed by atoms with Crippen LogP contribution in [0.2, 0.25) is 0 Å². The number of hydrogen-bond donors (Lipinski definition) is 3. The molecule has 2 atom stereocenters. The average molecular weight is 544 g/mol. The van der Waals surface area contributed by atoms with Crippen molar-refractivity contribution in [1.29, 1.82) is 0 Å². The summed E-state index contributed by atoms with van der Waals surface area (Å²) in [4.78, 5) is 6.69. The van der Waals surface area contributed by atoms with Crippen molar-refractivity contribution < 1.29 is 13.9 Å². The van der Waals surface area contributed by atoms with Gasteiger partial charge in [0.2, 0.25) is 0 Å². The number of aliphatic imine (C=N–C) groups is 1. The Labute approximate surface area is 200 Å². The lowest BCUT2D eigenvalue weighted by molar-refractivity contribution is 0.111. The van der Waals surface area contributed by atoms with Gasteiger partial charge in [-0.3, -0.25) is 9.89 Å². The molecule has 31 heavy (non-hydrogen) atoms. The molecule has 0 saturated carbocycles. The molecule has 8 heteroatoms. The van der Waals surface area contributed by atoms with Crippen molar-refractivity contribution in [2.75, 3.05) is 26.2 Å². The van der Waals surface area contributed by atoms with Crippen LogP contribution in [0.15, 0.2) is 47.5 Å². The Balaban J connectivity index is 0.00000341. The van der Waals surface area contributed by atoms with E-state index >= 15 is 0 Å². The Morgan fingerprint density at radius 2 is 1.94 bits per heavy atom. The molecule has 3 N–H and O–H groups in total. The van der Waals surface area contributed by atoms with Crippen LogP contribution < -0.4 is 10.6 Å². The van der Waals surface area contributed by atoms with E-state index in [1.807, 2.05) is 13.0 Å². The van der Waals surface area contributed by atoms with Crippen molar-refractivity contribution >= 4 is 29.9 Å². The van der Waals surface area contributed by atoms with E-state index in [2.05, 4.69) is 38.7 Å². The molecule has 0 fully saturated rings. The van der Waals surface area contributed by atoms with Crippen molar-refractivity contribution in [3.63, 3.8) is 0 Å². The molecule has 0 spiro atoms. The predicted octanol–water partition coefficient (Wildman–Crippen LogP) is 3.62. The van der Waals surface area contributed by atoms with Crippen LogP contribution in [0, 0.1) is 11.6 Å². The molecule has 1 heterocycles. The fraction of sp³-hybridized carbons (Fsp3) is 0.435. The van der Waals surface area contributed by atoms with Gasteiger partial charge in [0, 0.05) is 37.8 Å². The van der Waals surface area contributed by atoms with Gasteiger partial charge in [0.15, 0.2) is 5.96 Å². The second-order valence-corrected chi connectivity index (χ2v) is 7.66. The first-order chi connectivity index (χ1) is 14.5. The molecule has 0 amide bonds. The smallest absolute Gasteiger partial charge is 0.191 e. The van der Waals surface area contributed by atoms with Gasteiger partial charge >= 0.3 is 0 Å². The van der Waals surface area contributed by atoms with Crippen LogP contribution in [-0.4, -0.2) is 48.2 Å². The van der Waals surface area contributed by atoms with Gasteiger partial charge in [-0.1, -0.05) is 30.3 Å². The Morgan fingerprint density at radius 3 is 2.65 bits per heavy atom. The normalized spacial score (nSPS) is 16.1. The maximum absolute atomic E-state index is 14.0. The minimum atomic E-state index is -0.608. The standard InChI is InChI=1S/C23H30F2N4O.HI/c1-3-26-23(28-16(2)21-9-8-19(24)12-22(21)25)27-13-20(30)15-29-11-10-17-6-4-5-7-18(17)14-29;/h4-9,12,16,20,30H,3,10-11,13-15H2,1-2H3,(H2,26,27,28);1H. The van der Waals surface area contributed by atoms with Crippen LogP contribution in [0.4, 0.5) is 8.78 Å². The van der Waals surface area contributed by atoms with Crippen LogP contribution in [0.5, 0.6) is 0 Å². The third kappa shape index (κ3) is 7.40. The van der Waals surface area contributed by atoms with Crippen molar-refractivity contribution in [2.24, 2.45) is 4.99 Å². The molecule has 0 radical (unpaired) electrons. The molecule has 2 aromatic carbocycles. The Bertz CT molecular complexity index is 880. The summed E-state index contributed by atoms with van der Waals surface area (Å²) >= 11 is 0. The van der Waals surface area contributed by atoms with Gasteiger partial charge in [-0.15, -0.1) is 24.0 Å². The molecule has 0 aliphatic carbocycles. The zero-order chi connectivity index (χ0) is 21.5. The van der Waals surface area contributed by atoms with Gasteiger partial charge in [-0.05, 0) is 37.5 Å². The maximum atomic E-state index is 14.0. The number of hydrogen-bond acceptors (Lipinski definition) is 3. The largest absolute Gasteiger partial charge is 0.390 e. The Morgan fingerprint density at radius 1 is 1.19 bits per heavy atom. The van der Waals surface area contributed by atoms with E-state index in [1.54, 1.807) is 6.92 Å². The number of nitrogens with one attached hydrogen (secondary N) is 2. The molecule has 3 rings (SSSR count). The molecule has 0 aromatic heterocycles. The molecule has 1 aliphatic heterocycles. The second-order valence-electron chi connectivity index (χ2n) is 7.66. The summed E-state index contributed by atoms with van der Waals surface area (Å²) in [5.41, 5.74) is 3.04. The first-order valence-corrected chi connectivity index (χ1v) is 10.4. The van der Waals surface area contributed by atoms with Gasteiger partial charge < -0.3 is 15.7 Å². The van der Waals surface area contributed by atoms with Crippen molar-refractivity contribution in [2.45, 2.75) is 39.0 Å². The van der Waals surface area contributed by atoms with Gasteiger partial charge in [-0.2, -0.15) is 0 Å². The van der Waals surface area contributed by atoms with Crippen LogP contribution in [-0.2, 0) is 13.0 Å². The van der Waals surface area contributed by atoms with Crippen LogP contribution in [0.1, 0.15) is 36.6 Å². The quantitative estimate of drug-likeness (QED) is 0.283. The van der Waals surface area contributed by atoms with E-state index in [0.29, 0.717) is 24.6 Å². The van der Waals surface area contributed by atoms with Gasteiger partial charge in [0.25, 0.3) is 0 Å². The van der Waals surface area contributed by atoms with E-state index in [0.717, 1.165) is 25.6 Å². The summed E-state index contributed by atoms with van der Waals surface area (Å²) in [6.07, 6.45) is 0.375. The average Bonchev–Trinajstić information content (AvgIpc) is 2.72. The minimum absolute atomic E-state index is 0. The molecule has 1 aliphatic rings. The number of aliphatic hydroxyl groups is 1. The molecular formula is C23H31F2IN4O. The topological polar surface area (TPSA) is 59.9 Å². The molecule has 2 unspecified atom stereocenters. The summed E-state index contributed by atoms with van der Waals surface area (Å²) in [7, 11) is 0. The minimum Gasteiger partial charge on any atom is -0.390 e. The van der Waals surface area contributed by atoms with E-state index < -0.39 is 23.8 Å². The molecule has 0 bridgehead atoms. The zero-order valence-corrected chi connectivity index (χ0v) is 20.3. The van der Waals surface area contributed by atoms with E-state index in [4.69, 9.17) is 0 Å². The fourth-order valence-electron chi connectivity index (χ4n) is 3.72. The van der Waals surface area contributed by atoms with Crippen molar-refractivity contribution in [3.8, 4) is 0 Å². The van der Waals surface area contributed by atoms with Crippen LogP contribution >= 0.6 is 24.0 Å². The van der Waals surface area contributed by atoms with E-state index in [1.165, 1.54) is 23.3 Å². The zero-order valence-electron chi connectivity index (χ0n) is 17.9. The first kappa shape index (κ1) is 25.5. The number of rotatable bonds is 7. The third-order valence-electron chi connectivity index (χ3n) is 5.27. The Kier molecular flexibility index (Phi) is 10.1. The number of aliphatic hydroxyl groups excluding tert-OH is 1. The van der Waals surface area contributed by atoms with Gasteiger partial charge in [0.05, 0.1) is 18.7 Å². The highest BCUT2D eigenvalue weighted by Gasteiger charge is 2.19. The SMILES string of the molecule is CCNC(=NCC(O)CN1CCc2ccccc2C1)NC(C)c1ccc(F)cc1F.I. The molecular weight excluding hydrogens is 513 g/mol. The van der Waals surface area contributed by atoms with Crippen LogP contribution in [0.25, 0.3) is 0 Å². The number of fused-ring (bicyclic) bond motifs is 1. The molecule has 0 saturated heterocycles. The lowest BCUT2D eigenvalue weighted by Crippen LogP contribution is -2.41. The molecule has 170 valence electrons. The summed E-state index contributed by atoms with van der Waals surface area (Å²) in [5, 5.41) is 16.7. The summed E-state index contributed by atoms with van der Waals surface area (Å²) in [5.74, 6) is -0.722. The number of halogens is 3. The number of nitrogens with zero attached hydrogens (tertiary/aromatic N) is 2. The van der Waals surface area contributed by atoms with Gasteiger partial charge in [-0.25, -0.2) is 8.78 Å². The lowest BCUT2D eigenvalue weighted by Gasteiger charge is -2.30. The summed E-state index contributed by atoms with van der Waals surface area (Å²) < 4.78 is 27.2. The fourth-order valence-corrected chi connectivity index (χ4v) is 3.72. The Hall–Kier alpha value is -1.78. The first-order valence-electron chi connectivity index (χ1n) is 10.4. The number of guanidine groups is 1. The van der Waals surface area contributed by atoms with Crippen molar-refractivity contribution in [3.05, 3.63) is 70.8 Å². The third-order valence-corrected chi connectivity index (χ3v) is 5.27. The highest BCUT2D eigenvalue weighted by molar-refractivity contribution is 14.0. The van der Waals surface area contributed by atoms with Crippen molar-refractivity contribution in [1.82, 2.24) is 15.5 Å². The predicted molar refractivity (Wildman–Crippen MR) is 131 cm³/mol. The number of β-amino-alcohol motifs (C(OH)–C–C–N with tert-alkyl or cyclic N) is 1. The van der Waals surface area contributed by atoms with Gasteiger partial charge in [0.1, 0.15) is 11.6 Å². The lowest BCUT2D eigenvalue weighted by atomic mass is 10.00. The summed E-state index contributed by atoms with van der Waals surface area (Å²) in [6.45, 7) is 6.86. The van der Waals surface area contributed by atoms with Crippen LogP contribution in [0.3, 0.4) is 0 Å². The van der Waals surface area contributed by atoms with E-state index in [9.17, 15) is 13.9 Å². The second kappa shape index (κ2) is 12.3. The molecule has 5 nitrogen and oxygen atoms in total. The number of benzene rings is 2. The maximum Gasteiger partial charge on any atom is 0.191 e. The van der Waals surface area contributed by atoms with E-state index in [-0.39, 0.29) is 30.5 Å².